The fraction of sp³-hybridized carbons (Fsp3) is 0.333. The molecule has 8 heteroatoms. The summed E-state index contributed by atoms with van der Waals surface area (Å²) in [5.41, 5.74) is 2.39. The van der Waals surface area contributed by atoms with Gasteiger partial charge in [0.25, 0.3) is 0 Å². The van der Waals surface area contributed by atoms with E-state index in [2.05, 4.69) is 4.72 Å². The van der Waals surface area contributed by atoms with Gasteiger partial charge in [-0.25, -0.2) is 21.6 Å². The SMILES string of the molecule is CCc1ccc(S(=O)(=O)NCCN(c2ccccc2C)S(C)(=O)=O)cc1. The molecular weight excluding hydrogens is 372 g/mol. The molecule has 0 aromatic heterocycles. The Morgan fingerprint density at radius 3 is 2.12 bits per heavy atom. The van der Waals surface area contributed by atoms with Crippen LogP contribution >= 0.6 is 0 Å². The standard InChI is InChI=1S/C18H24N2O4S2/c1-4-16-9-11-17(12-10-16)26(23,24)19-13-14-20(25(3,21)22)18-8-6-5-7-15(18)2/h5-12,19H,4,13-14H2,1-3H3. The Kier molecular flexibility index (Phi) is 6.44. The fourth-order valence-corrected chi connectivity index (χ4v) is 4.58. The van der Waals surface area contributed by atoms with E-state index in [0.717, 1.165) is 23.8 Å². The van der Waals surface area contributed by atoms with Gasteiger partial charge in [-0.15, -0.1) is 0 Å². The molecule has 2 aromatic rings. The van der Waals surface area contributed by atoms with Crippen LogP contribution in [0.4, 0.5) is 5.69 Å². The summed E-state index contributed by atoms with van der Waals surface area (Å²) in [6, 6.07) is 13.7. The molecule has 2 rings (SSSR count). The van der Waals surface area contributed by atoms with Gasteiger partial charge in [0.15, 0.2) is 0 Å². The van der Waals surface area contributed by atoms with Crippen LogP contribution in [0.15, 0.2) is 53.4 Å². The highest BCUT2D eigenvalue weighted by Gasteiger charge is 2.20. The molecule has 6 nitrogen and oxygen atoms in total. The average molecular weight is 397 g/mol. The monoisotopic (exact) mass is 396 g/mol. The Hall–Kier alpha value is -1.90. The molecule has 0 aliphatic heterocycles. The van der Waals surface area contributed by atoms with E-state index in [9.17, 15) is 16.8 Å². The van der Waals surface area contributed by atoms with Crippen molar-refractivity contribution in [3.05, 3.63) is 59.7 Å². The van der Waals surface area contributed by atoms with Crippen molar-refractivity contribution in [2.45, 2.75) is 25.2 Å². The molecule has 0 saturated carbocycles. The van der Waals surface area contributed by atoms with Gasteiger partial charge in [0.05, 0.1) is 16.8 Å². The number of para-hydroxylation sites is 1. The zero-order valence-corrected chi connectivity index (χ0v) is 16.8. The van der Waals surface area contributed by atoms with Crippen LogP contribution in [0.2, 0.25) is 0 Å². The quantitative estimate of drug-likeness (QED) is 0.742. The van der Waals surface area contributed by atoms with E-state index in [1.54, 1.807) is 36.4 Å². The largest absolute Gasteiger partial charge is 0.269 e. The van der Waals surface area contributed by atoms with Crippen molar-refractivity contribution in [3.63, 3.8) is 0 Å². The van der Waals surface area contributed by atoms with E-state index in [0.29, 0.717) is 5.69 Å². The molecule has 0 spiro atoms. The van der Waals surface area contributed by atoms with Gasteiger partial charge in [-0.1, -0.05) is 37.3 Å². The van der Waals surface area contributed by atoms with E-state index >= 15 is 0 Å². The van der Waals surface area contributed by atoms with Gasteiger partial charge < -0.3 is 0 Å². The maximum Gasteiger partial charge on any atom is 0.240 e. The lowest BCUT2D eigenvalue weighted by Crippen LogP contribution is -2.38. The minimum atomic E-state index is -3.69. The first-order chi connectivity index (χ1) is 12.1. The smallest absolute Gasteiger partial charge is 0.240 e. The number of nitrogens with zero attached hydrogens (tertiary/aromatic N) is 1. The third kappa shape index (κ3) is 5.06. The molecule has 0 radical (unpaired) electrons. The van der Waals surface area contributed by atoms with Gasteiger partial charge in [-0.3, -0.25) is 4.31 Å². The Balaban J connectivity index is 2.13. The molecule has 0 aliphatic carbocycles. The maximum absolute atomic E-state index is 12.4. The number of benzene rings is 2. The lowest BCUT2D eigenvalue weighted by atomic mass is 10.2. The molecule has 0 saturated heterocycles. The molecule has 142 valence electrons. The third-order valence-electron chi connectivity index (χ3n) is 4.03. The third-order valence-corrected chi connectivity index (χ3v) is 6.69. The summed E-state index contributed by atoms with van der Waals surface area (Å²) < 4.78 is 52.7. The van der Waals surface area contributed by atoms with Gasteiger partial charge in [-0.05, 0) is 42.7 Å². The molecule has 0 heterocycles. The Bertz CT molecular complexity index is 953. The second kappa shape index (κ2) is 8.20. The van der Waals surface area contributed by atoms with Crippen LogP contribution in [0.25, 0.3) is 0 Å². The van der Waals surface area contributed by atoms with Crippen molar-refractivity contribution in [2.24, 2.45) is 0 Å². The number of hydrogen-bond acceptors (Lipinski definition) is 4. The predicted octanol–water partition coefficient (Wildman–Crippen LogP) is 2.30. The summed E-state index contributed by atoms with van der Waals surface area (Å²) in [5, 5.41) is 0. The molecule has 1 N–H and O–H groups in total. The summed E-state index contributed by atoms with van der Waals surface area (Å²) in [4.78, 5) is 0.163. The van der Waals surface area contributed by atoms with Gasteiger partial charge in [0, 0.05) is 13.1 Å². The van der Waals surface area contributed by atoms with E-state index in [-0.39, 0.29) is 18.0 Å². The van der Waals surface area contributed by atoms with E-state index < -0.39 is 20.0 Å². The van der Waals surface area contributed by atoms with Gasteiger partial charge >= 0.3 is 0 Å². The summed E-state index contributed by atoms with van der Waals surface area (Å²) in [6.07, 6.45) is 1.94. The molecule has 0 bridgehead atoms. The second-order valence-electron chi connectivity index (χ2n) is 6.02. The molecule has 0 atom stereocenters. The first-order valence-corrected chi connectivity index (χ1v) is 11.6. The Labute approximate surface area is 156 Å². The van der Waals surface area contributed by atoms with Crippen LogP contribution in [0.1, 0.15) is 18.1 Å². The highest BCUT2D eigenvalue weighted by atomic mass is 32.2. The summed E-state index contributed by atoms with van der Waals surface area (Å²) >= 11 is 0. The van der Waals surface area contributed by atoms with Crippen molar-refractivity contribution in [1.82, 2.24) is 4.72 Å². The lowest BCUT2D eigenvalue weighted by Gasteiger charge is -2.24. The van der Waals surface area contributed by atoms with Crippen molar-refractivity contribution >= 4 is 25.7 Å². The van der Waals surface area contributed by atoms with Crippen LogP contribution in [0.3, 0.4) is 0 Å². The van der Waals surface area contributed by atoms with Crippen molar-refractivity contribution in [2.75, 3.05) is 23.7 Å². The molecule has 0 unspecified atom stereocenters. The number of hydrogen-bond donors (Lipinski definition) is 1. The molecular formula is C18H24N2O4S2. The van der Waals surface area contributed by atoms with Crippen LogP contribution in [0.5, 0.6) is 0 Å². The second-order valence-corrected chi connectivity index (χ2v) is 9.69. The zero-order chi connectivity index (χ0) is 19.4. The van der Waals surface area contributed by atoms with Crippen LogP contribution in [0, 0.1) is 6.92 Å². The first-order valence-electron chi connectivity index (χ1n) is 8.27. The minimum Gasteiger partial charge on any atom is -0.269 e. The number of rotatable bonds is 8. The lowest BCUT2D eigenvalue weighted by molar-refractivity contribution is 0.578. The number of anilines is 1. The summed E-state index contributed by atoms with van der Waals surface area (Å²) in [7, 11) is -7.22. The maximum atomic E-state index is 12.4. The normalized spacial score (nSPS) is 12.1. The highest BCUT2D eigenvalue weighted by molar-refractivity contribution is 7.92. The van der Waals surface area contributed by atoms with Crippen LogP contribution < -0.4 is 9.03 Å². The summed E-state index contributed by atoms with van der Waals surface area (Å²) in [5.74, 6) is 0. The van der Waals surface area contributed by atoms with Gasteiger partial charge in [0.1, 0.15) is 0 Å². The highest BCUT2D eigenvalue weighted by Crippen LogP contribution is 2.21. The Morgan fingerprint density at radius 2 is 1.58 bits per heavy atom. The van der Waals surface area contributed by atoms with Gasteiger partial charge in [0.2, 0.25) is 20.0 Å². The number of nitrogens with one attached hydrogen (secondary N) is 1. The van der Waals surface area contributed by atoms with E-state index in [4.69, 9.17) is 0 Å². The van der Waals surface area contributed by atoms with Crippen molar-refractivity contribution in [3.8, 4) is 0 Å². The topological polar surface area (TPSA) is 83.6 Å². The number of aryl methyl sites for hydroxylation is 2. The molecule has 0 fully saturated rings. The average Bonchev–Trinajstić information content (AvgIpc) is 2.59. The first kappa shape index (κ1) is 20.4. The number of sulfonamides is 2. The fourth-order valence-electron chi connectivity index (χ4n) is 2.58. The van der Waals surface area contributed by atoms with Crippen molar-refractivity contribution in [1.29, 1.82) is 0 Å². The minimum absolute atomic E-state index is 0.00988. The Morgan fingerprint density at radius 1 is 0.962 bits per heavy atom. The molecule has 26 heavy (non-hydrogen) atoms. The molecule has 0 amide bonds. The zero-order valence-electron chi connectivity index (χ0n) is 15.1. The van der Waals surface area contributed by atoms with Crippen molar-refractivity contribution < 1.29 is 16.8 Å². The van der Waals surface area contributed by atoms with Crippen LogP contribution in [-0.2, 0) is 26.5 Å². The van der Waals surface area contributed by atoms with Gasteiger partial charge in [-0.2, -0.15) is 0 Å². The molecule has 2 aromatic carbocycles. The molecule has 0 aliphatic rings. The van der Waals surface area contributed by atoms with E-state index in [1.165, 1.54) is 4.31 Å². The van der Waals surface area contributed by atoms with Crippen LogP contribution in [-0.4, -0.2) is 36.2 Å². The summed E-state index contributed by atoms with van der Waals surface area (Å²) in [6.45, 7) is 3.79. The van der Waals surface area contributed by atoms with E-state index in [1.807, 2.05) is 26.0 Å². The predicted molar refractivity (Wildman–Crippen MR) is 104 cm³/mol.